The first-order valence-electron chi connectivity index (χ1n) is 6.00. The van der Waals surface area contributed by atoms with E-state index in [1.807, 2.05) is 0 Å². The van der Waals surface area contributed by atoms with Gasteiger partial charge in [-0.05, 0) is 18.9 Å². The maximum absolute atomic E-state index is 11.7. The summed E-state index contributed by atoms with van der Waals surface area (Å²) in [5.41, 5.74) is 0.577. The summed E-state index contributed by atoms with van der Waals surface area (Å²) >= 11 is 0. The lowest BCUT2D eigenvalue weighted by molar-refractivity contribution is -0.117. The topological polar surface area (TPSA) is 90.0 Å². The number of rotatable bonds is 4. The smallest absolute Gasteiger partial charge is 0.267 e. The fraction of sp³-hybridized carbons (Fsp3) is 0.333. The molecule has 1 saturated carbocycles. The highest BCUT2D eigenvalue weighted by Crippen LogP contribution is 2.38. The second kappa shape index (κ2) is 4.68. The lowest BCUT2D eigenvalue weighted by Gasteiger charge is -2.05. The summed E-state index contributed by atoms with van der Waals surface area (Å²) in [7, 11) is 0. The second-order valence-electron chi connectivity index (χ2n) is 4.46. The molecule has 1 amide bonds. The molecule has 1 fully saturated rings. The van der Waals surface area contributed by atoms with E-state index in [2.05, 4.69) is 20.1 Å². The van der Waals surface area contributed by atoms with E-state index in [9.17, 15) is 9.59 Å². The van der Waals surface area contributed by atoms with Crippen LogP contribution in [-0.4, -0.2) is 20.8 Å². The van der Waals surface area contributed by atoms with E-state index in [1.54, 1.807) is 6.07 Å². The van der Waals surface area contributed by atoms with E-state index in [-0.39, 0.29) is 18.0 Å². The predicted octanol–water partition coefficient (Wildman–Crippen LogP) is 0.747. The van der Waals surface area contributed by atoms with Crippen LogP contribution in [-0.2, 0) is 11.3 Å². The number of carbonyl (C=O) groups excluding carboxylic acids is 1. The van der Waals surface area contributed by atoms with Crippen molar-refractivity contribution < 1.29 is 9.32 Å². The molecule has 19 heavy (non-hydrogen) atoms. The Kier molecular flexibility index (Phi) is 2.86. The van der Waals surface area contributed by atoms with E-state index in [0.717, 1.165) is 18.5 Å². The van der Waals surface area contributed by atoms with Gasteiger partial charge in [-0.1, -0.05) is 5.16 Å². The molecule has 1 N–H and O–H groups in total. The molecule has 7 heteroatoms. The maximum Gasteiger partial charge on any atom is 0.267 e. The summed E-state index contributed by atoms with van der Waals surface area (Å²) in [6, 6.07) is 4.70. The molecule has 1 aliphatic carbocycles. The van der Waals surface area contributed by atoms with Crippen molar-refractivity contribution in [1.82, 2.24) is 14.9 Å². The SMILES string of the molecule is O=C(Cn1nc(C2CC2)ccc1=O)Nc1ccon1. The maximum atomic E-state index is 11.7. The molecule has 2 aromatic rings. The molecule has 0 saturated heterocycles. The standard InChI is InChI=1S/C12H12N4O3/c17-11(13-10-5-6-19-15-10)7-16-12(18)4-3-9(14-16)8-1-2-8/h3-6,8H,1-2,7H2,(H,13,15,17). The van der Waals surface area contributed by atoms with Gasteiger partial charge in [-0.2, -0.15) is 5.10 Å². The van der Waals surface area contributed by atoms with Crippen LogP contribution in [0.5, 0.6) is 0 Å². The third kappa shape index (κ3) is 2.70. The highest BCUT2D eigenvalue weighted by atomic mass is 16.5. The molecule has 0 bridgehead atoms. The van der Waals surface area contributed by atoms with Gasteiger partial charge in [0.2, 0.25) is 5.91 Å². The number of carbonyl (C=O) groups is 1. The minimum absolute atomic E-state index is 0.133. The van der Waals surface area contributed by atoms with Gasteiger partial charge in [0.25, 0.3) is 5.56 Å². The number of nitrogens with zero attached hydrogens (tertiary/aromatic N) is 3. The quantitative estimate of drug-likeness (QED) is 0.875. The Bertz CT molecular complexity index is 643. The highest BCUT2D eigenvalue weighted by Gasteiger charge is 2.25. The third-order valence-corrected chi connectivity index (χ3v) is 2.88. The van der Waals surface area contributed by atoms with E-state index in [1.165, 1.54) is 23.1 Å². The predicted molar refractivity (Wildman–Crippen MR) is 65.6 cm³/mol. The van der Waals surface area contributed by atoms with Crippen LogP contribution in [0.15, 0.2) is 33.8 Å². The van der Waals surface area contributed by atoms with Crippen molar-refractivity contribution in [3.05, 3.63) is 40.5 Å². The summed E-state index contributed by atoms with van der Waals surface area (Å²) in [5, 5.41) is 10.3. The average Bonchev–Trinajstić information content (AvgIpc) is 3.11. The molecular formula is C12H12N4O3. The highest BCUT2D eigenvalue weighted by molar-refractivity contribution is 5.89. The zero-order chi connectivity index (χ0) is 13.2. The van der Waals surface area contributed by atoms with Crippen LogP contribution in [0.25, 0.3) is 0 Å². The van der Waals surface area contributed by atoms with Gasteiger partial charge in [0.15, 0.2) is 5.82 Å². The molecule has 2 aromatic heterocycles. The van der Waals surface area contributed by atoms with Crippen molar-refractivity contribution in [2.75, 3.05) is 5.32 Å². The Labute approximate surface area is 108 Å². The van der Waals surface area contributed by atoms with Crippen molar-refractivity contribution in [1.29, 1.82) is 0 Å². The van der Waals surface area contributed by atoms with Crippen LogP contribution in [0.2, 0.25) is 0 Å². The number of hydrogen-bond donors (Lipinski definition) is 1. The Morgan fingerprint density at radius 1 is 1.42 bits per heavy atom. The van der Waals surface area contributed by atoms with Crippen molar-refractivity contribution in [3.8, 4) is 0 Å². The molecule has 1 aliphatic rings. The molecule has 0 aromatic carbocycles. The number of anilines is 1. The molecule has 0 radical (unpaired) electrons. The molecule has 0 atom stereocenters. The second-order valence-corrected chi connectivity index (χ2v) is 4.46. The monoisotopic (exact) mass is 260 g/mol. The largest absolute Gasteiger partial charge is 0.363 e. The summed E-state index contributed by atoms with van der Waals surface area (Å²) < 4.78 is 5.77. The van der Waals surface area contributed by atoms with Gasteiger partial charge in [0.05, 0.1) is 5.69 Å². The Balaban J connectivity index is 1.73. The van der Waals surface area contributed by atoms with Crippen molar-refractivity contribution >= 4 is 11.7 Å². The van der Waals surface area contributed by atoms with Crippen LogP contribution in [0, 0.1) is 0 Å². The molecule has 0 aliphatic heterocycles. The van der Waals surface area contributed by atoms with Crippen LogP contribution >= 0.6 is 0 Å². The molecule has 98 valence electrons. The Morgan fingerprint density at radius 2 is 2.26 bits per heavy atom. The minimum atomic E-state index is -0.364. The Morgan fingerprint density at radius 3 is 2.95 bits per heavy atom. The summed E-state index contributed by atoms with van der Waals surface area (Å²) in [4.78, 5) is 23.4. The first-order valence-corrected chi connectivity index (χ1v) is 6.00. The minimum Gasteiger partial charge on any atom is -0.363 e. The van der Waals surface area contributed by atoms with Gasteiger partial charge >= 0.3 is 0 Å². The molecular weight excluding hydrogens is 248 g/mol. The molecule has 0 unspecified atom stereocenters. The first-order chi connectivity index (χ1) is 9.22. The molecule has 7 nitrogen and oxygen atoms in total. The summed E-state index contributed by atoms with van der Waals surface area (Å²) in [5.74, 6) is 0.387. The van der Waals surface area contributed by atoms with Crippen molar-refractivity contribution in [3.63, 3.8) is 0 Å². The summed E-state index contributed by atoms with van der Waals surface area (Å²) in [6.45, 7) is -0.133. The fourth-order valence-corrected chi connectivity index (χ4v) is 1.77. The van der Waals surface area contributed by atoms with Crippen LogP contribution in [0.1, 0.15) is 24.5 Å². The average molecular weight is 260 g/mol. The number of nitrogens with one attached hydrogen (secondary N) is 1. The number of aromatic nitrogens is 3. The van der Waals surface area contributed by atoms with Gasteiger partial charge in [0.1, 0.15) is 12.8 Å². The van der Waals surface area contributed by atoms with Gasteiger partial charge < -0.3 is 9.84 Å². The number of hydrogen-bond acceptors (Lipinski definition) is 5. The van der Waals surface area contributed by atoms with Gasteiger partial charge in [-0.15, -0.1) is 0 Å². The van der Waals surface area contributed by atoms with Crippen LogP contribution in [0.3, 0.4) is 0 Å². The van der Waals surface area contributed by atoms with Gasteiger partial charge in [-0.25, -0.2) is 4.68 Å². The summed E-state index contributed by atoms with van der Waals surface area (Å²) in [6.07, 6.45) is 3.54. The zero-order valence-electron chi connectivity index (χ0n) is 10.1. The lowest BCUT2D eigenvalue weighted by atomic mass is 10.3. The third-order valence-electron chi connectivity index (χ3n) is 2.88. The van der Waals surface area contributed by atoms with Crippen LogP contribution in [0.4, 0.5) is 5.82 Å². The Hall–Kier alpha value is -2.44. The van der Waals surface area contributed by atoms with Gasteiger partial charge in [-0.3, -0.25) is 9.59 Å². The normalized spacial score (nSPS) is 14.3. The molecule has 0 spiro atoms. The van der Waals surface area contributed by atoms with Crippen LogP contribution < -0.4 is 10.9 Å². The van der Waals surface area contributed by atoms with E-state index < -0.39 is 0 Å². The van der Waals surface area contributed by atoms with E-state index in [4.69, 9.17) is 0 Å². The van der Waals surface area contributed by atoms with E-state index >= 15 is 0 Å². The van der Waals surface area contributed by atoms with Crippen molar-refractivity contribution in [2.45, 2.75) is 25.3 Å². The lowest BCUT2D eigenvalue weighted by Crippen LogP contribution is -2.29. The first kappa shape index (κ1) is 11.6. The van der Waals surface area contributed by atoms with E-state index in [0.29, 0.717) is 11.7 Å². The number of amides is 1. The van der Waals surface area contributed by atoms with Gasteiger partial charge in [0, 0.05) is 18.1 Å². The molecule has 2 heterocycles. The fourth-order valence-electron chi connectivity index (χ4n) is 1.77. The zero-order valence-corrected chi connectivity index (χ0v) is 10.1. The molecule has 3 rings (SSSR count). The van der Waals surface area contributed by atoms with Crippen molar-refractivity contribution in [2.24, 2.45) is 0 Å².